The summed E-state index contributed by atoms with van der Waals surface area (Å²) in [5, 5.41) is 11.6. The molecule has 1 aromatic rings. The fourth-order valence-electron chi connectivity index (χ4n) is 2.19. The molecule has 0 aliphatic carbocycles. The van der Waals surface area contributed by atoms with Gasteiger partial charge in [-0.1, -0.05) is 31.2 Å². The van der Waals surface area contributed by atoms with E-state index in [1.807, 2.05) is 31.2 Å². The number of aliphatic carboxylic acids is 1. The van der Waals surface area contributed by atoms with Crippen molar-refractivity contribution in [2.24, 2.45) is 0 Å². The Morgan fingerprint density at radius 2 is 1.76 bits per heavy atom. The molecule has 1 rings (SSSR count). The third-order valence-corrected chi connectivity index (χ3v) is 3.48. The van der Waals surface area contributed by atoms with Crippen LogP contribution in [-0.4, -0.2) is 34.6 Å². The SMILES string of the molecule is CCc1ccc(CNC(=O)N(CC)C(C)CC(=O)O)cc1. The quantitative estimate of drug-likeness (QED) is 0.811. The van der Waals surface area contributed by atoms with Crippen LogP contribution in [0.1, 0.15) is 38.3 Å². The first-order valence-electron chi connectivity index (χ1n) is 7.32. The van der Waals surface area contributed by atoms with Crippen LogP contribution in [0.3, 0.4) is 0 Å². The highest BCUT2D eigenvalue weighted by atomic mass is 16.4. The van der Waals surface area contributed by atoms with Crippen molar-refractivity contribution in [1.29, 1.82) is 0 Å². The van der Waals surface area contributed by atoms with Gasteiger partial charge in [-0.05, 0) is 31.4 Å². The van der Waals surface area contributed by atoms with Gasteiger partial charge in [0.25, 0.3) is 0 Å². The number of amides is 2. The smallest absolute Gasteiger partial charge is 0.317 e. The van der Waals surface area contributed by atoms with Crippen LogP contribution in [0.15, 0.2) is 24.3 Å². The van der Waals surface area contributed by atoms with E-state index in [4.69, 9.17) is 5.11 Å². The molecule has 0 heterocycles. The number of benzene rings is 1. The summed E-state index contributed by atoms with van der Waals surface area (Å²) in [6.07, 6.45) is 0.940. The van der Waals surface area contributed by atoms with Crippen molar-refractivity contribution in [2.45, 2.75) is 46.2 Å². The van der Waals surface area contributed by atoms with Gasteiger partial charge in [0.1, 0.15) is 0 Å². The van der Waals surface area contributed by atoms with E-state index in [0.29, 0.717) is 13.1 Å². The molecule has 116 valence electrons. The minimum atomic E-state index is -0.899. The fraction of sp³-hybridized carbons (Fsp3) is 0.500. The maximum atomic E-state index is 12.1. The molecule has 0 aliphatic heterocycles. The second kappa shape index (κ2) is 8.29. The number of nitrogens with one attached hydrogen (secondary N) is 1. The van der Waals surface area contributed by atoms with Gasteiger partial charge in [-0.2, -0.15) is 0 Å². The topological polar surface area (TPSA) is 69.6 Å². The lowest BCUT2D eigenvalue weighted by molar-refractivity contribution is -0.138. The number of hydrogen-bond acceptors (Lipinski definition) is 2. The number of rotatable bonds is 7. The Balaban J connectivity index is 2.55. The Bertz CT molecular complexity index is 471. The molecule has 2 amide bonds. The van der Waals surface area contributed by atoms with E-state index in [2.05, 4.69) is 12.2 Å². The van der Waals surface area contributed by atoms with Gasteiger partial charge in [-0.3, -0.25) is 4.79 Å². The van der Waals surface area contributed by atoms with E-state index in [1.54, 1.807) is 6.92 Å². The highest BCUT2D eigenvalue weighted by molar-refractivity contribution is 5.75. The van der Waals surface area contributed by atoms with Gasteiger partial charge in [-0.25, -0.2) is 4.79 Å². The molecular formula is C16H24N2O3. The molecule has 5 heteroatoms. The van der Waals surface area contributed by atoms with Gasteiger partial charge >= 0.3 is 12.0 Å². The van der Waals surface area contributed by atoms with Crippen molar-refractivity contribution in [3.8, 4) is 0 Å². The zero-order valence-corrected chi connectivity index (χ0v) is 12.9. The Morgan fingerprint density at radius 1 is 1.19 bits per heavy atom. The molecule has 0 fully saturated rings. The second-order valence-electron chi connectivity index (χ2n) is 5.06. The van der Waals surface area contributed by atoms with E-state index in [0.717, 1.165) is 12.0 Å². The molecule has 0 saturated heterocycles. The number of nitrogens with zero attached hydrogens (tertiary/aromatic N) is 1. The summed E-state index contributed by atoms with van der Waals surface area (Å²) in [5.74, 6) is -0.899. The Morgan fingerprint density at radius 3 is 2.24 bits per heavy atom. The highest BCUT2D eigenvalue weighted by Crippen LogP contribution is 2.07. The van der Waals surface area contributed by atoms with Crippen molar-refractivity contribution >= 4 is 12.0 Å². The third-order valence-electron chi connectivity index (χ3n) is 3.48. The maximum absolute atomic E-state index is 12.1. The average Bonchev–Trinajstić information content (AvgIpc) is 2.45. The molecule has 1 unspecified atom stereocenters. The number of aryl methyl sites for hydroxylation is 1. The summed E-state index contributed by atoms with van der Waals surface area (Å²) >= 11 is 0. The summed E-state index contributed by atoms with van der Waals surface area (Å²) in [5.41, 5.74) is 2.29. The molecule has 2 N–H and O–H groups in total. The molecule has 0 aliphatic rings. The standard InChI is InChI=1S/C16H24N2O3/c1-4-13-6-8-14(9-7-13)11-17-16(21)18(5-2)12(3)10-15(19)20/h6-9,12H,4-5,10-11H2,1-3H3,(H,17,21)(H,19,20). The lowest BCUT2D eigenvalue weighted by Crippen LogP contribution is -2.45. The van der Waals surface area contributed by atoms with Gasteiger partial charge in [0.2, 0.25) is 0 Å². The van der Waals surface area contributed by atoms with Crippen molar-refractivity contribution < 1.29 is 14.7 Å². The number of urea groups is 1. The van der Waals surface area contributed by atoms with E-state index in [-0.39, 0.29) is 18.5 Å². The minimum absolute atomic E-state index is 0.0491. The van der Waals surface area contributed by atoms with E-state index < -0.39 is 5.97 Å². The molecule has 0 radical (unpaired) electrons. The molecule has 0 bridgehead atoms. The first-order valence-corrected chi connectivity index (χ1v) is 7.32. The third kappa shape index (κ3) is 5.45. The zero-order chi connectivity index (χ0) is 15.8. The van der Waals surface area contributed by atoms with Gasteiger partial charge in [-0.15, -0.1) is 0 Å². The van der Waals surface area contributed by atoms with Crippen LogP contribution < -0.4 is 5.32 Å². The van der Waals surface area contributed by atoms with Gasteiger partial charge in [0.15, 0.2) is 0 Å². The van der Waals surface area contributed by atoms with Crippen molar-refractivity contribution in [2.75, 3.05) is 6.54 Å². The summed E-state index contributed by atoms with van der Waals surface area (Å²) in [6, 6.07) is 7.53. The number of carboxylic acids is 1. The summed E-state index contributed by atoms with van der Waals surface area (Å²) in [4.78, 5) is 24.4. The predicted octanol–water partition coefficient (Wildman–Crippen LogP) is 2.64. The van der Waals surface area contributed by atoms with Crippen LogP contribution in [0.25, 0.3) is 0 Å². The largest absolute Gasteiger partial charge is 0.481 e. The van der Waals surface area contributed by atoms with Crippen molar-refractivity contribution in [1.82, 2.24) is 10.2 Å². The molecular weight excluding hydrogens is 268 g/mol. The Kier molecular flexibility index (Phi) is 6.72. The molecule has 1 atom stereocenters. The van der Waals surface area contributed by atoms with Crippen LogP contribution in [0.4, 0.5) is 4.79 Å². The summed E-state index contributed by atoms with van der Waals surface area (Å²) < 4.78 is 0. The molecule has 1 aromatic carbocycles. The van der Waals surface area contributed by atoms with Crippen LogP contribution >= 0.6 is 0 Å². The molecule has 21 heavy (non-hydrogen) atoms. The molecule has 0 spiro atoms. The summed E-state index contributed by atoms with van der Waals surface area (Å²) in [7, 11) is 0. The van der Waals surface area contributed by atoms with Crippen LogP contribution in [0.2, 0.25) is 0 Å². The van der Waals surface area contributed by atoms with E-state index >= 15 is 0 Å². The molecule has 0 aromatic heterocycles. The zero-order valence-electron chi connectivity index (χ0n) is 12.9. The Hall–Kier alpha value is -2.04. The number of hydrogen-bond donors (Lipinski definition) is 2. The lowest BCUT2D eigenvalue weighted by atomic mass is 10.1. The van der Waals surface area contributed by atoms with Crippen molar-refractivity contribution in [3.05, 3.63) is 35.4 Å². The van der Waals surface area contributed by atoms with Crippen LogP contribution in [0, 0.1) is 0 Å². The fourth-order valence-corrected chi connectivity index (χ4v) is 2.19. The van der Waals surface area contributed by atoms with Gasteiger partial charge < -0.3 is 15.3 Å². The van der Waals surface area contributed by atoms with Crippen LogP contribution in [-0.2, 0) is 17.8 Å². The average molecular weight is 292 g/mol. The number of carbonyl (C=O) groups is 2. The maximum Gasteiger partial charge on any atom is 0.317 e. The Labute approximate surface area is 126 Å². The number of carboxylic acid groups (broad SMARTS) is 1. The summed E-state index contributed by atoms with van der Waals surface area (Å²) in [6.45, 7) is 6.61. The monoisotopic (exact) mass is 292 g/mol. The number of carbonyl (C=O) groups excluding carboxylic acids is 1. The first kappa shape index (κ1) is 17.0. The normalized spacial score (nSPS) is 11.8. The van der Waals surface area contributed by atoms with Gasteiger partial charge in [0.05, 0.1) is 6.42 Å². The minimum Gasteiger partial charge on any atom is -0.481 e. The lowest BCUT2D eigenvalue weighted by Gasteiger charge is -2.27. The predicted molar refractivity (Wildman–Crippen MR) is 82.2 cm³/mol. The van der Waals surface area contributed by atoms with E-state index in [1.165, 1.54) is 10.5 Å². The first-order chi connectivity index (χ1) is 9.97. The molecule has 0 saturated carbocycles. The molecule has 5 nitrogen and oxygen atoms in total. The van der Waals surface area contributed by atoms with Gasteiger partial charge in [0, 0.05) is 19.1 Å². The van der Waals surface area contributed by atoms with E-state index in [9.17, 15) is 9.59 Å². The second-order valence-corrected chi connectivity index (χ2v) is 5.06. The highest BCUT2D eigenvalue weighted by Gasteiger charge is 2.20. The van der Waals surface area contributed by atoms with Crippen LogP contribution in [0.5, 0.6) is 0 Å². The van der Waals surface area contributed by atoms with Crippen molar-refractivity contribution in [3.63, 3.8) is 0 Å².